The molecule has 2 rings (SSSR count). The van der Waals surface area contributed by atoms with E-state index in [0.717, 1.165) is 23.6 Å². The molecule has 106 valence electrons. The van der Waals surface area contributed by atoms with Crippen LogP contribution in [0.3, 0.4) is 0 Å². The molecule has 0 saturated heterocycles. The zero-order chi connectivity index (χ0) is 14.4. The number of halogens is 1. The van der Waals surface area contributed by atoms with Crippen LogP contribution in [0.2, 0.25) is 5.02 Å². The standard InChI is InChI=1S/C17H20ClNO/c1-20-17-5-3-2-4-15(17)11-14(12-19)10-13-6-8-16(18)9-7-13/h2-9,14H,10-12,19H2,1H3. The van der Waals surface area contributed by atoms with Crippen LogP contribution in [-0.4, -0.2) is 13.7 Å². The summed E-state index contributed by atoms with van der Waals surface area (Å²) in [4.78, 5) is 0. The van der Waals surface area contributed by atoms with Gasteiger partial charge in [0.2, 0.25) is 0 Å². The highest BCUT2D eigenvalue weighted by Gasteiger charge is 2.12. The monoisotopic (exact) mass is 289 g/mol. The van der Waals surface area contributed by atoms with Crippen LogP contribution in [0, 0.1) is 5.92 Å². The van der Waals surface area contributed by atoms with Crippen molar-refractivity contribution in [1.82, 2.24) is 0 Å². The second kappa shape index (κ2) is 7.32. The molecule has 0 aromatic heterocycles. The minimum absolute atomic E-state index is 0.396. The Kier molecular flexibility index (Phi) is 5.45. The maximum absolute atomic E-state index is 5.92. The second-order valence-corrected chi connectivity index (χ2v) is 5.38. The van der Waals surface area contributed by atoms with Gasteiger partial charge in [0.1, 0.15) is 5.75 Å². The van der Waals surface area contributed by atoms with Crippen molar-refractivity contribution in [2.75, 3.05) is 13.7 Å². The number of hydrogen-bond donors (Lipinski definition) is 1. The lowest BCUT2D eigenvalue weighted by atomic mass is 9.92. The molecule has 0 aliphatic heterocycles. The van der Waals surface area contributed by atoms with Gasteiger partial charge in [0.25, 0.3) is 0 Å². The van der Waals surface area contributed by atoms with Crippen molar-refractivity contribution >= 4 is 11.6 Å². The molecule has 0 aliphatic carbocycles. The molecule has 20 heavy (non-hydrogen) atoms. The summed E-state index contributed by atoms with van der Waals surface area (Å²) in [5.41, 5.74) is 8.39. The third-order valence-corrected chi connectivity index (χ3v) is 3.72. The fourth-order valence-corrected chi connectivity index (χ4v) is 2.50. The smallest absolute Gasteiger partial charge is 0.122 e. The van der Waals surface area contributed by atoms with Gasteiger partial charge < -0.3 is 10.5 Å². The summed E-state index contributed by atoms with van der Waals surface area (Å²) in [7, 11) is 1.70. The van der Waals surface area contributed by atoms with Gasteiger partial charge in [-0.2, -0.15) is 0 Å². The van der Waals surface area contributed by atoms with Gasteiger partial charge in [0.05, 0.1) is 7.11 Å². The van der Waals surface area contributed by atoms with Gasteiger partial charge in [-0.3, -0.25) is 0 Å². The van der Waals surface area contributed by atoms with Crippen LogP contribution in [0.25, 0.3) is 0 Å². The Morgan fingerprint density at radius 2 is 1.75 bits per heavy atom. The zero-order valence-electron chi connectivity index (χ0n) is 11.7. The number of ether oxygens (including phenoxy) is 1. The predicted molar refractivity (Wildman–Crippen MR) is 84.4 cm³/mol. The Morgan fingerprint density at radius 3 is 2.40 bits per heavy atom. The summed E-state index contributed by atoms with van der Waals surface area (Å²) < 4.78 is 5.40. The molecule has 2 nitrogen and oxygen atoms in total. The first-order chi connectivity index (χ1) is 9.72. The Bertz CT molecular complexity index is 539. The fraction of sp³-hybridized carbons (Fsp3) is 0.294. The SMILES string of the molecule is COc1ccccc1CC(CN)Cc1ccc(Cl)cc1. The van der Waals surface area contributed by atoms with Crippen molar-refractivity contribution in [3.8, 4) is 5.75 Å². The number of methoxy groups -OCH3 is 1. The maximum atomic E-state index is 5.92. The number of hydrogen-bond acceptors (Lipinski definition) is 2. The summed E-state index contributed by atoms with van der Waals surface area (Å²) in [5, 5.41) is 0.766. The second-order valence-electron chi connectivity index (χ2n) is 4.95. The molecule has 2 aromatic rings. The molecule has 2 N–H and O–H groups in total. The van der Waals surface area contributed by atoms with E-state index < -0.39 is 0 Å². The van der Waals surface area contributed by atoms with Crippen LogP contribution in [0.1, 0.15) is 11.1 Å². The first kappa shape index (κ1) is 14.9. The molecular formula is C17H20ClNO. The van der Waals surface area contributed by atoms with Crippen LogP contribution in [-0.2, 0) is 12.8 Å². The van der Waals surface area contributed by atoms with Crippen LogP contribution in [0.15, 0.2) is 48.5 Å². The van der Waals surface area contributed by atoms with Crippen molar-refractivity contribution in [1.29, 1.82) is 0 Å². The van der Waals surface area contributed by atoms with E-state index in [2.05, 4.69) is 18.2 Å². The molecule has 0 amide bonds. The molecule has 0 heterocycles. The lowest BCUT2D eigenvalue weighted by Gasteiger charge is -2.17. The molecular weight excluding hydrogens is 270 g/mol. The first-order valence-corrected chi connectivity index (χ1v) is 7.17. The molecule has 0 bridgehead atoms. The largest absolute Gasteiger partial charge is 0.496 e. The van der Waals surface area contributed by atoms with E-state index in [-0.39, 0.29) is 0 Å². The van der Waals surface area contributed by atoms with E-state index in [1.54, 1.807) is 7.11 Å². The van der Waals surface area contributed by atoms with Gasteiger partial charge >= 0.3 is 0 Å². The van der Waals surface area contributed by atoms with Crippen molar-refractivity contribution in [2.45, 2.75) is 12.8 Å². The number of rotatable bonds is 6. The first-order valence-electron chi connectivity index (χ1n) is 6.79. The van der Waals surface area contributed by atoms with E-state index in [1.165, 1.54) is 11.1 Å². The summed E-state index contributed by atoms with van der Waals surface area (Å²) in [6.45, 7) is 0.653. The summed E-state index contributed by atoms with van der Waals surface area (Å²) in [6, 6.07) is 16.1. The molecule has 1 atom stereocenters. The van der Waals surface area contributed by atoms with Gasteiger partial charge in [0, 0.05) is 5.02 Å². The minimum atomic E-state index is 0.396. The van der Waals surface area contributed by atoms with E-state index in [9.17, 15) is 0 Å². The zero-order valence-corrected chi connectivity index (χ0v) is 12.4. The lowest BCUT2D eigenvalue weighted by molar-refractivity contribution is 0.404. The Hall–Kier alpha value is -1.51. The molecule has 0 fully saturated rings. The molecule has 1 unspecified atom stereocenters. The van der Waals surface area contributed by atoms with Crippen molar-refractivity contribution in [3.63, 3.8) is 0 Å². The minimum Gasteiger partial charge on any atom is -0.496 e. The maximum Gasteiger partial charge on any atom is 0.122 e. The van der Waals surface area contributed by atoms with Crippen LogP contribution >= 0.6 is 11.6 Å². The van der Waals surface area contributed by atoms with Crippen molar-refractivity contribution in [2.24, 2.45) is 11.7 Å². The lowest BCUT2D eigenvalue weighted by Crippen LogP contribution is -2.19. The van der Waals surface area contributed by atoms with Gasteiger partial charge in [-0.05, 0) is 54.6 Å². The highest BCUT2D eigenvalue weighted by molar-refractivity contribution is 6.30. The van der Waals surface area contributed by atoms with Gasteiger partial charge in [-0.15, -0.1) is 0 Å². The Morgan fingerprint density at radius 1 is 1.05 bits per heavy atom. The number of nitrogens with two attached hydrogens (primary N) is 1. The Balaban J connectivity index is 2.07. The molecule has 2 aromatic carbocycles. The van der Waals surface area contributed by atoms with Crippen molar-refractivity contribution < 1.29 is 4.74 Å². The quantitative estimate of drug-likeness (QED) is 0.880. The normalized spacial score (nSPS) is 12.2. The average Bonchev–Trinajstić information content (AvgIpc) is 2.49. The fourth-order valence-electron chi connectivity index (χ4n) is 2.38. The summed E-state index contributed by atoms with van der Waals surface area (Å²) >= 11 is 5.91. The van der Waals surface area contributed by atoms with E-state index in [4.69, 9.17) is 22.1 Å². The van der Waals surface area contributed by atoms with E-state index in [1.807, 2.05) is 30.3 Å². The molecule has 0 radical (unpaired) electrons. The van der Waals surface area contributed by atoms with Gasteiger partial charge in [-0.1, -0.05) is 41.9 Å². The third-order valence-electron chi connectivity index (χ3n) is 3.47. The summed E-state index contributed by atoms with van der Waals surface area (Å²) in [5.74, 6) is 1.33. The van der Waals surface area contributed by atoms with Gasteiger partial charge in [-0.25, -0.2) is 0 Å². The van der Waals surface area contributed by atoms with Crippen LogP contribution < -0.4 is 10.5 Å². The molecule has 0 spiro atoms. The van der Waals surface area contributed by atoms with Crippen LogP contribution in [0.5, 0.6) is 5.75 Å². The highest BCUT2D eigenvalue weighted by Crippen LogP contribution is 2.22. The van der Waals surface area contributed by atoms with Gasteiger partial charge in [0.15, 0.2) is 0 Å². The van der Waals surface area contributed by atoms with E-state index >= 15 is 0 Å². The molecule has 0 aliphatic rings. The topological polar surface area (TPSA) is 35.2 Å². The molecule has 3 heteroatoms. The molecule has 0 saturated carbocycles. The summed E-state index contributed by atoms with van der Waals surface area (Å²) in [6.07, 6.45) is 1.87. The Labute approximate surface area is 125 Å². The van der Waals surface area contributed by atoms with E-state index in [0.29, 0.717) is 12.5 Å². The van der Waals surface area contributed by atoms with Crippen molar-refractivity contribution in [3.05, 3.63) is 64.7 Å². The predicted octanol–water partition coefficient (Wildman–Crippen LogP) is 3.71. The third kappa shape index (κ3) is 3.99. The highest BCUT2D eigenvalue weighted by atomic mass is 35.5. The van der Waals surface area contributed by atoms with Crippen LogP contribution in [0.4, 0.5) is 0 Å². The number of benzene rings is 2. The average molecular weight is 290 g/mol. The number of para-hydroxylation sites is 1.